The number of carbonyl (C=O) groups excluding carboxylic acids is 4. The average Bonchev–Trinajstić information content (AvgIpc) is 3.48. The van der Waals surface area contributed by atoms with Crippen molar-refractivity contribution in [1.82, 2.24) is 5.32 Å². The van der Waals surface area contributed by atoms with Gasteiger partial charge < -0.3 is 24.5 Å². The van der Waals surface area contributed by atoms with E-state index in [9.17, 15) is 19.2 Å². The quantitative estimate of drug-likeness (QED) is 0.280. The number of carbonyl (C=O) groups is 4. The van der Waals surface area contributed by atoms with Crippen LogP contribution in [0.1, 0.15) is 18.4 Å². The third-order valence-electron chi connectivity index (χ3n) is 5.75. The third kappa shape index (κ3) is 5.49. The average molecular weight is 516 g/mol. The highest BCUT2D eigenvalue weighted by Crippen LogP contribution is 2.36. The summed E-state index contributed by atoms with van der Waals surface area (Å²) in [4.78, 5) is 51.6. The van der Waals surface area contributed by atoms with Crippen LogP contribution in [0.25, 0.3) is 6.08 Å². The Hall–Kier alpha value is -5.12. The van der Waals surface area contributed by atoms with E-state index >= 15 is 0 Å². The number of nitrogens with one attached hydrogen (secondary N) is 2. The Morgan fingerprint density at radius 3 is 2.32 bits per heavy atom. The van der Waals surface area contributed by atoms with E-state index in [0.717, 1.165) is 0 Å². The largest absolute Gasteiger partial charge is 0.497 e. The van der Waals surface area contributed by atoms with Crippen LogP contribution in [0, 0.1) is 0 Å². The van der Waals surface area contributed by atoms with Gasteiger partial charge in [-0.25, -0.2) is 4.79 Å². The van der Waals surface area contributed by atoms with Gasteiger partial charge in [-0.1, -0.05) is 18.2 Å². The number of rotatable bonds is 7. The van der Waals surface area contributed by atoms with Gasteiger partial charge in [0.1, 0.15) is 17.3 Å². The number of anilines is 2. The summed E-state index contributed by atoms with van der Waals surface area (Å²) in [6, 6.07) is 18.6. The zero-order valence-electron chi connectivity index (χ0n) is 20.9. The lowest BCUT2D eigenvalue weighted by Gasteiger charge is -2.18. The Kier molecular flexibility index (Phi) is 7.72. The molecule has 0 atom stereocenters. The maximum atomic E-state index is 13.4. The molecule has 0 bridgehead atoms. The number of hydrogen-bond acceptors (Lipinski definition) is 7. The van der Waals surface area contributed by atoms with E-state index in [1.807, 2.05) is 0 Å². The lowest BCUT2D eigenvalue weighted by Crippen LogP contribution is -2.34. The summed E-state index contributed by atoms with van der Waals surface area (Å²) < 4.78 is 15.8. The van der Waals surface area contributed by atoms with Crippen LogP contribution in [-0.4, -0.2) is 37.9 Å². The van der Waals surface area contributed by atoms with Gasteiger partial charge in [0.05, 0.1) is 31.9 Å². The highest BCUT2D eigenvalue weighted by molar-refractivity contribution is 6.39. The molecule has 0 radical (unpaired) electrons. The van der Waals surface area contributed by atoms with Gasteiger partial charge in [-0.2, -0.15) is 0 Å². The molecule has 0 unspecified atom stereocenters. The van der Waals surface area contributed by atoms with E-state index in [0.29, 0.717) is 28.6 Å². The van der Waals surface area contributed by atoms with Crippen molar-refractivity contribution in [2.24, 2.45) is 0 Å². The van der Waals surface area contributed by atoms with Crippen molar-refractivity contribution < 1.29 is 33.1 Å². The number of esters is 1. The van der Waals surface area contributed by atoms with Crippen molar-refractivity contribution in [2.75, 3.05) is 24.4 Å². The summed E-state index contributed by atoms with van der Waals surface area (Å²) >= 11 is 0. The maximum Gasteiger partial charge on any atom is 0.340 e. The van der Waals surface area contributed by atoms with Crippen LogP contribution in [-0.2, 0) is 30.5 Å². The molecule has 2 aromatic carbocycles. The minimum absolute atomic E-state index is 0.0607. The molecule has 10 nitrogen and oxygen atoms in total. The minimum atomic E-state index is -0.835. The molecule has 2 heterocycles. The number of amides is 3. The monoisotopic (exact) mass is 515 g/mol. The predicted octanol–water partition coefficient (Wildman–Crippen LogP) is 3.42. The first kappa shape index (κ1) is 26.0. The van der Waals surface area contributed by atoms with E-state index in [2.05, 4.69) is 10.6 Å². The zero-order chi connectivity index (χ0) is 27.2. The third-order valence-corrected chi connectivity index (χ3v) is 5.75. The molecule has 0 spiro atoms. The van der Waals surface area contributed by atoms with Gasteiger partial charge in [0.2, 0.25) is 0 Å². The summed E-state index contributed by atoms with van der Waals surface area (Å²) in [5, 5.41) is 4.98. The molecule has 0 aliphatic carbocycles. The summed E-state index contributed by atoms with van der Waals surface area (Å²) in [5.41, 5.74) is 1.65. The van der Waals surface area contributed by atoms with Crippen molar-refractivity contribution in [3.8, 4) is 5.75 Å². The fourth-order valence-corrected chi connectivity index (χ4v) is 3.89. The molecular formula is C28H25N3O7. The van der Waals surface area contributed by atoms with Crippen molar-refractivity contribution in [3.05, 3.63) is 95.1 Å². The van der Waals surface area contributed by atoms with Crippen LogP contribution in [0.4, 0.5) is 11.4 Å². The second-order valence-electron chi connectivity index (χ2n) is 8.16. The highest BCUT2D eigenvalue weighted by atomic mass is 16.5. The van der Waals surface area contributed by atoms with Crippen molar-refractivity contribution in [3.63, 3.8) is 0 Å². The number of hydrogen-bond donors (Lipinski definition) is 2. The summed E-state index contributed by atoms with van der Waals surface area (Å²) in [5.74, 6) is -1.51. The van der Waals surface area contributed by atoms with Crippen molar-refractivity contribution in [2.45, 2.75) is 13.5 Å². The molecule has 3 aromatic rings. The first-order chi connectivity index (χ1) is 18.3. The molecule has 0 saturated carbocycles. The number of methoxy groups -OCH3 is 2. The lowest BCUT2D eigenvalue weighted by atomic mass is 10.1. The zero-order valence-corrected chi connectivity index (χ0v) is 20.9. The molecule has 1 aliphatic heterocycles. The van der Waals surface area contributed by atoms with Gasteiger partial charge in [-0.3, -0.25) is 19.3 Å². The van der Waals surface area contributed by atoms with Crippen LogP contribution in [0.2, 0.25) is 0 Å². The van der Waals surface area contributed by atoms with Gasteiger partial charge in [0, 0.05) is 17.1 Å². The number of furan rings is 1. The molecule has 10 heteroatoms. The fourth-order valence-electron chi connectivity index (χ4n) is 3.89. The van der Waals surface area contributed by atoms with Crippen LogP contribution < -0.4 is 20.3 Å². The second kappa shape index (κ2) is 11.3. The maximum absolute atomic E-state index is 13.4. The molecule has 0 saturated heterocycles. The summed E-state index contributed by atoms with van der Waals surface area (Å²) in [6.45, 7) is 1.59. The Balaban J connectivity index is 1.50. The molecule has 0 fully saturated rings. The molecular weight excluding hydrogens is 490 g/mol. The topological polar surface area (TPSA) is 127 Å². The highest BCUT2D eigenvalue weighted by Gasteiger charge is 2.38. The molecule has 4 rings (SSSR count). The number of para-hydroxylation sites is 1. The Morgan fingerprint density at radius 2 is 1.66 bits per heavy atom. The fraction of sp³-hybridized carbons (Fsp3) is 0.143. The molecule has 194 valence electrons. The molecule has 1 aromatic heterocycles. The van der Waals surface area contributed by atoms with E-state index < -0.39 is 23.7 Å². The summed E-state index contributed by atoms with van der Waals surface area (Å²) in [7, 11) is 2.78. The smallest absolute Gasteiger partial charge is 0.340 e. The van der Waals surface area contributed by atoms with E-state index in [1.165, 1.54) is 18.1 Å². The van der Waals surface area contributed by atoms with Gasteiger partial charge in [0.15, 0.2) is 0 Å². The summed E-state index contributed by atoms with van der Waals surface area (Å²) in [6.07, 6.45) is 1.44. The van der Waals surface area contributed by atoms with E-state index in [1.54, 1.807) is 80.8 Å². The molecule has 38 heavy (non-hydrogen) atoms. The van der Waals surface area contributed by atoms with Crippen LogP contribution in [0.15, 0.2) is 88.0 Å². The van der Waals surface area contributed by atoms with Crippen molar-refractivity contribution >= 4 is 41.1 Å². The van der Waals surface area contributed by atoms with Gasteiger partial charge >= 0.3 is 17.8 Å². The number of benzene rings is 2. The SMILES string of the molecule is COC(=O)C1=C(C)N(c2ccc(OC)cc2)C(=O)C1=Cc1ccc(CNC(=O)C(=O)Nc2ccccc2)o1. The Morgan fingerprint density at radius 1 is 0.947 bits per heavy atom. The van der Waals surface area contributed by atoms with Crippen LogP contribution in [0.3, 0.4) is 0 Å². The normalized spacial score (nSPS) is 14.0. The molecule has 1 aliphatic rings. The van der Waals surface area contributed by atoms with Gasteiger partial charge in [0.25, 0.3) is 5.91 Å². The molecule has 2 N–H and O–H groups in total. The Labute approximate surface area is 218 Å². The Bertz CT molecular complexity index is 1440. The number of allylic oxidation sites excluding steroid dienone is 1. The molecule has 3 amide bonds. The standard InChI is InChI=1S/C28H25N3O7/c1-17-24(28(35)37-3)23(27(34)31(17)19-9-11-20(36-2)12-10-19)15-21-13-14-22(38-21)16-29-25(32)26(33)30-18-7-5-4-6-8-18/h4-15H,16H2,1-3H3,(H,29,32)(H,30,33). The van der Waals surface area contributed by atoms with Crippen molar-refractivity contribution in [1.29, 1.82) is 0 Å². The first-order valence-corrected chi connectivity index (χ1v) is 11.5. The lowest BCUT2D eigenvalue weighted by molar-refractivity contribution is -0.136. The predicted molar refractivity (Wildman–Crippen MR) is 139 cm³/mol. The van der Waals surface area contributed by atoms with Crippen LogP contribution in [0.5, 0.6) is 5.75 Å². The first-order valence-electron chi connectivity index (χ1n) is 11.5. The second-order valence-corrected chi connectivity index (χ2v) is 8.16. The van der Waals surface area contributed by atoms with E-state index in [-0.39, 0.29) is 23.5 Å². The van der Waals surface area contributed by atoms with Crippen LogP contribution >= 0.6 is 0 Å². The van der Waals surface area contributed by atoms with E-state index in [4.69, 9.17) is 13.9 Å². The number of nitrogens with zero attached hydrogens (tertiary/aromatic N) is 1. The minimum Gasteiger partial charge on any atom is -0.497 e. The van der Waals surface area contributed by atoms with Gasteiger partial charge in [-0.15, -0.1) is 0 Å². The van der Waals surface area contributed by atoms with Gasteiger partial charge in [-0.05, 0) is 61.5 Å². The number of ether oxygens (including phenoxy) is 2.